The highest BCUT2D eigenvalue weighted by Crippen LogP contribution is 2.50. The lowest BCUT2D eigenvalue weighted by Gasteiger charge is -2.22. The second kappa shape index (κ2) is 13.9. The Labute approximate surface area is 349 Å². The molecule has 0 aliphatic rings. The second-order valence-electron chi connectivity index (χ2n) is 16.0. The smallest absolute Gasteiger partial charge is 0.00137 e. The molecule has 0 heterocycles. The van der Waals surface area contributed by atoms with Crippen LogP contribution in [0.3, 0.4) is 0 Å². The molecule has 0 aliphatic carbocycles. The highest BCUT2D eigenvalue weighted by Gasteiger charge is 2.22. The first-order valence-corrected chi connectivity index (χ1v) is 20.8. The standard InChI is InChI=1S/C60H38/c1-2-15-42(16-3-1)55-35-43-20-4-5-21-44(43)36-56(55)46-32-34-52-51-33-31-45(50-28-12-22-39-17-6-9-25-47(39)50)37-57(51)59(53-29-13-23-40-18-7-10-26-48(40)53)60(58(52)38-46)54-30-14-24-41-19-8-11-27-49(41)54/h1-38H. The van der Waals surface area contributed by atoms with E-state index in [1.54, 1.807) is 0 Å². The summed E-state index contributed by atoms with van der Waals surface area (Å²) in [5.41, 5.74) is 12.3. The summed E-state index contributed by atoms with van der Waals surface area (Å²) in [6, 6.07) is 85.5. The monoisotopic (exact) mass is 758 g/mol. The minimum atomic E-state index is 1.20. The Bertz CT molecular complexity index is 3630. The van der Waals surface area contributed by atoms with Gasteiger partial charge in [0.1, 0.15) is 0 Å². The zero-order chi connectivity index (χ0) is 39.6. The molecule has 0 aliphatic heterocycles. The van der Waals surface area contributed by atoms with E-state index in [9.17, 15) is 0 Å². The third-order valence-electron chi connectivity index (χ3n) is 12.6. The van der Waals surface area contributed by atoms with Gasteiger partial charge < -0.3 is 0 Å². The molecule has 0 fully saturated rings. The summed E-state index contributed by atoms with van der Waals surface area (Å²) in [4.78, 5) is 0. The summed E-state index contributed by atoms with van der Waals surface area (Å²) in [5.74, 6) is 0. The zero-order valence-corrected chi connectivity index (χ0v) is 32.9. The molecule has 0 nitrogen and oxygen atoms in total. The van der Waals surface area contributed by atoms with Crippen LogP contribution in [0, 0.1) is 0 Å². The molecule has 0 N–H and O–H groups in total. The van der Waals surface area contributed by atoms with Gasteiger partial charge in [-0.05, 0) is 145 Å². The normalized spacial score (nSPS) is 11.7. The fraction of sp³-hybridized carbons (Fsp3) is 0. The lowest BCUT2D eigenvalue weighted by atomic mass is 9.80. The lowest BCUT2D eigenvalue weighted by molar-refractivity contribution is 1.61. The molecular formula is C60H38. The molecule has 0 radical (unpaired) electrons. The van der Waals surface area contributed by atoms with E-state index in [1.165, 1.54) is 120 Å². The summed E-state index contributed by atoms with van der Waals surface area (Å²) in [7, 11) is 0. The minimum absolute atomic E-state index is 1.20. The molecular weight excluding hydrogens is 721 g/mol. The molecule has 0 atom stereocenters. The molecule has 0 heteroatoms. The number of rotatable bonds is 5. The van der Waals surface area contributed by atoms with Crippen molar-refractivity contribution < 1.29 is 0 Å². The predicted molar refractivity (Wildman–Crippen MR) is 259 cm³/mol. The first kappa shape index (κ1) is 34.3. The van der Waals surface area contributed by atoms with Crippen molar-refractivity contribution in [2.75, 3.05) is 0 Å². The van der Waals surface area contributed by atoms with Gasteiger partial charge in [0.25, 0.3) is 0 Å². The van der Waals surface area contributed by atoms with Crippen LogP contribution in [-0.4, -0.2) is 0 Å². The zero-order valence-electron chi connectivity index (χ0n) is 32.9. The maximum atomic E-state index is 2.48. The van der Waals surface area contributed by atoms with Crippen molar-refractivity contribution in [2.45, 2.75) is 0 Å². The van der Waals surface area contributed by atoms with E-state index in [4.69, 9.17) is 0 Å². The highest BCUT2D eigenvalue weighted by molar-refractivity contribution is 6.26. The van der Waals surface area contributed by atoms with E-state index in [1.807, 2.05) is 0 Å². The van der Waals surface area contributed by atoms with Crippen molar-refractivity contribution in [3.8, 4) is 55.6 Å². The van der Waals surface area contributed by atoms with Crippen LogP contribution in [0.4, 0.5) is 0 Å². The maximum Gasteiger partial charge on any atom is -0.00137 e. The van der Waals surface area contributed by atoms with Crippen LogP contribution in [0.2, 0.25) is 0 Å². The van der Waals surface area contributed by atoms with Crippen LogP contribution in [0.15, 0.2) is 231 Å². The van der Waals surface area contributed by atoms with Crippen LogP contribution in [0.5, 0.6) is 0 Å². The van der Waals surface area contributed by atoms with Gasteiger partial charge in [-0.25, -0.2) is 0 Å². The topological polar surface area (TPSA) is 0 Å². The Balaban J connectivity index is 1.26. The van der Waals surface area contributed by atoms with Gasteiger partial charge in [0.15, 0.2) is 0 Å². The molecule has 60 heavy (non-hydrogen) atoms. The minimum Gasteiger partial charge on any atom is -0.0622 e. The van der Waals surface area contributed by atoms with Gasteiger partial charge in [-0.3, -0.25) is 0 Å². The summed E-state index contributed by atoms with van der Waals surface area (Å²) < 4.78 is 0. The first-order chi connectivity index (χ1) is 29.8. The van der Waals surface area contributed by atoms with E-state index >= 15 is 0 Å². The second-order valence-corrected chi connectivity index (χ2v) is 16.0. The number of fused-ring (bicyclic) bond motifs is 7. The number of benzene rings is 12. The molecule has 12 aromatic rings. The highest BCUT2D eigenvalue weighted by atomic mass is 14.3. The van der Waals surface area contributed by atoms with Crippen molar-refractivity contribution >= 4 is 64.6 Å². The van der Waals surface area contributed by atoms with Gasteiger partial charge in [-0.15, -0.1) is 0 Å². The summed E-state index contributed by atoms with van der Waals surface area (Å²) in [5, 5.41) is 14.9. The van der Waals surface area contributed by atoms with Gasteiger partial charge in [0.2, 0.25) is 0 Å². The fourth-order valence-electron chi connectivity index (χ4n) is 9.84. The van der Waals surface area contributed by atoms with E-state index in [0.717, 1.165) is 0 Å². The average Bonchev–Trinajstić information content (AvgIpc) is 3.32. The summed E-state index contributed by atoms with van der Waals surface area (Å²) in [6.45, 7) is 0. The Morgan fingerprint density at radius 3 is 1.03 bits per heavy atom. The van der Waals surface area contributed by atoms with Crippen LogP contribution < -0.4 is 0 Å². The summed E-state index contributed by atoms with van der Waals surface area (Å²) >= 11 is 0. The molecule has 0 aromatic heterocycles. The Hall–Kier alpha value is -7.80. The van der Waals surface area contributed by atoms with Crippen molar-refractivity contribution in [3.63, 3.8) is 0 Å². The molecule has 0 bridgehead atoms. The molecule has 0 saturated carbocycles. The van der Waals surface area contributed by atoms with Gasteiger partial charge in [-0.1, -0.05) is 206 Å². The Kier molecular flexibility index (Phi) is 7.96. The van der Waals surface area contributed by atoms with Crippen molar-refractivity contribution in [1.82, 2.24) is 0 Å². The SMILES string of the molecule is c1ccc(-c2cc3ccccc3cc2-c2ccc3c(c2)c(-c2cccc4ccccc24)c(-c2cccc4ccccc24)c2cc(-c4cccc5ccccc45)ccc23)cc1. The quantitative estimate of drug-likeness (QED) is 0.153. The Morgan fingerprint density at radius 2 is 0.533 bits per heavy atom. The van der Waals surface area contributed by atoms with Gasteiger partial charge in [0, 0.05) is 0 Å². The van der Waals surface area contributed by atoms with E-state index < -0.39 is 0 Å². The van der Waals surface area contributed by atoms with Crippen molar-refractivity contribution in [1.29, 1.82) is 0 Å². The molecule has 278 valence electrons. The molecule has 0 saturated heterocycles. The Morgan fingerprint density at radius 1 is 0.167 bits per heavy atom. The van der Waals surface area contributed by atoms with E-state index in [-0.39, 0.29) is 0 Å². The predicted octanol–water partition coefficient (Wildman–Crippen LogP) is 16.9. The molecule has 12 aromatic carbocycles. The first-order valence-electron chi connectivity index (χ1n) is 20.8. The van der Waals surface area contributed by atoms with Crippen LogP contribution >= 0.6 is 0 Å². The third-order valence-corrected chi connectivity index (χ3v) is 12.6. The molecule has 0 spiro atoms. The van der Waals surface area contributed by atoms with Crippen LogP contribution in [0.25, 0.3) is 120 Å². The van der Waals surface area contributed by atoms with E-state index in [0.29, 0.717) is 0 Å². The maximum absolute atomic E-state index is 2.48. The van der Waals surface area contributed by atoms with Crippen LogP contribution in [0.1, 0.15) is 0 Å². The third kappa shape index (κ3) is 5.53. The number of hydrogen-bond donors (Lipinski definition) is 0. The largest absolute Gasteiger partial charge is 0.0622 e. The number of hydrogen-bond acceptors (Lipinski definition) is 0. The van der Waals surface area contributed by atoms with Crippen molar-refractivity contribution in [3.05, 3.63) is 231 Å². The molecule has 0 unspecified atom stereocenters. The average molecular weight is 759 g/mol. The lowest BCUT2D eigenvalue weighted by Crippen LogP contribution is -1.95. The fourth-order valence-corrected chi connectivity index (χ4v) is 9.84. The van der Waals surface area contributed by atoms with Crippen molar-refractivity contribution in [2.24, 2.45) is 0 Å². The van der Waals surface area contributed by atoms with E-state index in [2.05, 4.69) is 231 Å². The molecule has 0 amide bonds. The van der Waals surface area contributed by atoms with Crippen LogP contribution in [-0.2, 0) is 0 Å². The van der Waals surface area contributed by atoms with Gasteiger partial charge in [-0.2, -0.15) is 0 Å². The van der Waals surface area contributed by atoms with Gasteiger partial charge in [0.05, 0.1) is 0 Å². The molecule has 12 rings (SSSR count). The van der Waals surface area contributed by atoms with Gasteiger partial charge >= 0.3 is 0 Å². The summed E-state index contributed by atoms with van der Waals surface area (Å²) in [6.07, 6.45) is 0.